The van der Waals surface area contributed by atoms with E-state index in [1.807, 2.05) is 37.3 Å². The summed E-state index contributed by atoms with van der Waals surface area (Å²) in [4.78, 5) is 26.8. The molecule has 134 valence electrons. The number of methoxy groups -OCH3 is 1. The van der Waals surface area contributed by atoms with Crippen molar-refractivity contribution in [2.45, 2.75) is 26.3 Å². The van der Waals surface area contributed by atoms with E-state index < -0.39 is 17.7 Å². The zero-order chi connectivity index (χ0) is 18.8. The minimum absolute atomic E-state index is 0.131. The number of hydrogen-bond donors (Lipinski definition) is 1. The van der Waals surface area contributed by atoms with Gasteiger partial charge in [0.1, 0.15) is 5.75 Å². The molecular weight excluding hydrogens is 330 g/mol. The molecule has 3 rings (SSSR count). The van der Waals surface area contributed by atoms with Crippen molar-refractivity contribution in [1.29, 1.82) is 0 Å². The topological polar surface area (TPSA) is 66.8 Å². The Hall–Kier alpha value is -3.08. The predicted molar refractivity (Wildman–Crippen MR) is 99.4 cm³/mol. The van der Waals surface area contributed by atoms with Crippen molar-refractivity contribution in [2.75, 3.05) is 12.0 Å². The third-order valence-corrected chi connectivity index (χ3v) is 4.55. The van der Waals surface area contributed by atoms with Crippen molar-refractivity contribution in [1.82, 2.24) is 0 Å². The lowest BCUT2D eigenvalue weighted by Crippen LogP contribution is -2.31. The van der Waals surface area contributed by atoms with Crippen LogP contribution in [0.3, 0.4) is 0 Å². The molecule has 1 N–H and O–H groups in total. The fourth-order valence-electron chi connectivity index (χ4n) is 3.18. The first-order chi connectivity index (χ1) is 12.5. The molecule has 1 aliphatic heterocycles. The zero-order valence-corrected chi connectivity index (χ0v) is 15.0. The van der Waals surface area contributed by atoms with Gasteiger partial charge >= 0.3 is 0 Å². The molecule has 1 amide bonds. The number of benzene rings is 2. The lowest BCUT2D eigenvalue weighted by Gasteiger charge is -2.27. The van der Waals surface area contributed by atoms with Gasteiger partial charge in [0.15, 0.2) is 11.5 Å². The summed E-state index contributed by atoms with van der Waals surface area (Å²) in [5.74, 6) is -0.685. The summed E-state index contributed by atoms with van der Waals surface area (Å²) >= 11 is 0. The number of nitrogens with zero attached hydrogens (tertiary/aromatic N) is 1. The van der Waals surface area contributed by atoms with E-state index in [0.29, 0.717) is 17.0 Å². The van der Waals surface area contributed by atoms with Crippen LogP contribution >= 0.6 is 0 Å². The van der Waals surface area contributed by atoms with Crippen LogP contribution in [-0.2, 0) is 9.59 Å². The average Bonchev–Trinajstić information content (AvgIpc) is 2.93. The molecule has 2 aromatic carbocycles. The van der Waals surface area contributed by atoms with Crippen molar-refractivity contribution in [3.63, 3.8) is 0 Å². The Bertz CT molecular complexity index is 883. The second kappa shape index (κ2) is 7.04. The maximum atomic E-state index is 12.8. The molecule has 0 radical (unpaired) electrons. The van der Waals surface area contributed by atoms with Crippen LogP contribution in [0, 0.1) is 6.92 Å². The molecule has 2 aromatic rings. The highest BCUT2D eigenvalue weighted by atomic mass is 16.5. The van der Waals surface area contributed by atoms with Gasteiger partial charge in [0, 0.05) is 12.1 Å². The second-order valence-electron chi connectivity index (χ2n) is 6.23. The zero-order valence-electron chi connectivity index (χ0n) is 15.0. The number of aryl methyl sites for hydroxylation is 1. The number of aliphatic hydroxyl groups excluding tert-OH is 1. The van der Waals surface area contributed by atoms with Gasteiger partial charge < -0.3 is 9.84 Å². The van der Waals surface area contributed by atoms with Gasteiger partial charge in [-0.1, -0.05) is 36.8 Å². The molecular formula is C21H21NO4. The fourth-order valence-corrected chi connectivity index (χ4v) is 3.18. The van der Waals surface area contributed by atoms with Gasteiger partial charge in [-0.05, 0) is 36.8 Å². The maximum absolute atomic E-state index is 12.8. The number of ketones is 1. The molecule has 1 unspecified atom stereocenters. The van der Waals surface area contributed by atoms with Crippen LogP contribution in [0.2, 0.25) is 0 Å². The molecule has 0 saturated carbocycles. The number of hydrogen-bond acceptors (Lipinski definition) is 4. The van der Waals surface area contributed by atoms with Gasteiger partial charge in [0.2, 0.25) is 0 Å². The first-order valence-electron chi connectivity index (χ1n) is 8.48. The molecule has 0 saturated heterocycles. The number of carbonyl (C=O) groups excluding carboxylic acids is 2. The highest BCUT2D eigenvalue weighted by Gasteiger charge is 2.43. The van der Waals surface area contributed by atoms with E-state index in [1.54, 1.807) is 32.2 Å². The Morgan fingerprint density at radius 1 is 1.19 bits per heavy atom. The monoisotopic (exact) mass is 351 g/mol. The SMILES string of the molecule is CCC(=O)C1=C(O)C(=O)N(c2ccc(C)cc2)C1c1cccc(OC)c1. The van der Waals surface area contributed by atoms with Crippen LogP contribution in [-0.4, -0.2) is 23.9 Å². The van der Waals surface area contributed by atoms with E-state index >= 15 is 0 Å². The van der Waals surface area contributed by atoms with E-state index in [4.69, 9.17) is 4.74 Å². The number of Topliss-reactive ketones (excluding diaryl/α,β-unsaturated/α-hetero) is 1. The lowest BCUT2D eigenvalue weighted by atomic mass is 9.94. The van der Waals surface area contributed by atoms with Crippen LogP contribution in [0.5, 0.6) is 5.75 Å². The Balaban J connectivity index is 2.18. The number of carbonyl (C=O) groups is 2. The summed E-state index contributed by atoms with van der Waals surface area (Å²) in [6, 6.07) is 13.9. The quantitative estimate of drug-likeness (QED) is 0.888. The number of ether oxygens (including phenoxy) is 1. The lowest BCUT2D eigenvalue weighted by molar-refractivity contribution is -0.118. The van der Waals surface area contributed by atoms with Crippen molar-refractivity contribution >= 4 is 17.4 Å². The van der Waals surface area contributed by atoms with E-state index in [0.717, 1.165) is 5.56 Å². The van der Waals surface area contributed by atoms with Gasteiger partial charge in [0.05, 0.1) is 18.7 Å². The molecule has 0 spiro atoms. The smallest absolute Gasteiger partial charge is 0.294 e. The number of anilines is 1. The van der Waals surface area contributed by atoms with Crippen molar-refractivity contribution in [3.05, 3.63) is 71.0 Å². The van der Waals surface area contributed by atoms with Gasteiger partial charge in [-0.3, -0.25) is 14.5 Å². The minimum atomic E-state index is -0.687. The first-order valence-corrected chi connectivity index (χ1v) is 8.48. The van der Waals surface area contributed by atoms with E-state index in [9.17, 15) is 14.7 Å². The minimum Gasteiger partial charge on any atom is -0.503 e. The van der Waals surface area contributed by atoms with Gasteiger partial charge in [0.25, 0.3) is 5.91 Å². The molecule has 5 heteroatoms. The number of aliphatic hydroxyl groups is 1. The third kappa shape index (κ3) is 2.96. The summed E-state index contributed by atoms with van der Waals surface area (Å²) < 4.78 is 5.28. The largest absolute Gasteiger partial charge is 0.503 e. The predicted octanol–water partition coefficient (Wildman–Crippen LogP) is 3.88. The molecule has 0 fully saturated rings. The van der Waals surface area contributed by atoms with Crippen molar-refractivity contribution < 1.29 is 19.4 Å². The van der Waals surface area contributed by atoms with Crippen LogP contribution in [0.25, 0.3) is 0 Å². The first kappa shape index (κ1) is 17.7. The van der Waals surface area contributed by atoms with Crippen LogP contribution < -0.4 is 9.64 Å². The van der Waals surface area contributed by atoms with Crippen LogP contribution in [0.15, 0.2) is 59.9 Å². The summed E-state index contributed by atoms with van der Waals surface area (Å²) in [5.41, 5.74) is 2.52. The van der Waals surface area contributed by atoms with Crippen LogP contribution in [0.1, 0.15) is 30.5 Å². The van der Waals surface area contributed by atoms with Crippen molar-refractivity contribution in [2.24, 2.45) is 0 Å². The summed E-state index contributed by atoms with van der Waals surface area (Å²) in [7, 11) is 1.56. The molecule has 5 nitrogen and oxygen atoms in total. The molecule has 26 heavy (non-hydrogen) atoms. The highest BCUT2D eigenvalue weighted by molar-refractivity contribution is 6.16. The molecule has 0 bridgehead atoms. The Morgan fingerprint density at radius 2 is 1.88 bits per heavy atom. The standard InChI is InChI=1S/C21H21NO4/c1-4-17(23)18-19(14-6-5-7-16(12-14)26-3)22(21(25)20(18)24)15-10-8-13(2)9-11-15/h5-12,19,24H,4H2,1-3H3. The summed E-state index contributed by atoms with van der Waals surface area (Å²) in [5, 5.41) is 10.4. The van der Waals surface area contributed by atoms with Crippen LogP contribution in [0.4, 0.5) is 5.69 Å². The Labute approximate surface area is 152 Å². The molecule has 0 aromatic heterocycles. The molecule has 1 atom stereocenters. The third-order valence-electron chi connectivity index (χ3n) is 4.55. The van der Waals surface area contributed by atoms with E-state index in [2.05, 4.69) is 0 Å². The number of rotatable bonds is 5. The average molecular weight is 351 g/mol. The second-order valence-corrected chi connectivity index (χ2v) is 6.23. The van der Waals surface area contributed by atoms with Crippen molar-refractivity contribution in [3.8, 4) is 5.75 Å². The summed E-state index contributed by atoms with van der Waals surface area (Å²) in [6.07, 6.45) is 0.203. The molecule has 1 aliphatic rings. The summed E-state index contributed by atoms with van der Waals surface area (Å²) in [6.45, 7) is 3.67. The molecule has 1 heterocycles. The normalized spacial score (nSPS) is 17.0. The van der Waals surface area contributed by atoms with Gasteiger partial charge in [-0.2, -0.15) is 0 Å². The molecule has 0 aliphatic carbocycles. The van der Waals surface area contributed by atoms with E-state index in [-0.39, 0.29) is 17.8 Å². The fraction of sp³-hybridized carbons (Fsp3) is 0.238. The van der Waals surface area contributed by atoms with Gasteiger partial charge in [-0.25, -0.2) is 0 Å². The number of amides is 1. The van der Waals surface area contributed by atoms with Gasteiger partial charge in [-0.15, -0.1) is 0 Å². The maximum Gasteiger partial charge on any atom is 0.294 e. The Morgan fingerprint density at radius 3 is 2.50 bits per heavy atom. The van der Waals surface area contributed by atoms with E-state index in [1.165, 1.54) is 4.90 Å². The highest BCUT2D eigenvalue weighted by Crippen LogP contribution is 2.41. The Kier molecular flexibility index (Phi) is 4.80.